The Labute approximate surface area is 209 Å². The van der Waals surface area contributed by atoms with Crippen molar-refractivity contribution in [3.63, 3.8) is 0 Å². The molecule has 4 rings (SSSR count). The number of nitrogens with zero attached hydrogens (tertiary/aromatic N) is 2. The van der Waals surface area contributed by atoms with Crippen molar-refractivity contribution < 1.29 is 18.0 Å². The van der Waals surface area contributed by atoms with Crippen LogP contribution in [0.3, 0.4) is 0 Å². The molecular weight excluding hydrogens is 506 g/mol. The minimum atomic E-state index is -4.61. The van der Waals surface area contributed by atoms with Crippen LogP contribution in [-0.2, 0) is 24.1 Å². The van der Waals surface area contributed by atoms with Crippen molar-refractivity contribution in [3.8, 4) is 0 Å². The van der Waals surface area contributed by atoms with Crippen molar-refractivity contribution in [2.24, 2.45) is 4.99 Å². The second-order valence-corrected chi connectivity index (χ2v) is 8.90. The second kappa shape index (κ2) is 10.6. The Balaban J connectivity index is 0.00000324. The molecule has 1 aromatic heterocycles. The van der Waals surface area contributed by atoms with Crippen molar-refractivity contribution in [3.05, 3.63) is 93.2 Å². The summed E-state index contributed by atoms with van der Waals surface area (Å²) in [4.78, 5) is 18.1. The number of anilines is 1. The van der Waals surface area contributed by atoms with E-state index in [1.807, 2.05) is 55.5 Å². The number of benzene rings is 3. The summed E-state index contributed by atoms with van der Waals surface area (Å²) in [6.45, 7) is 2.33. The summed E-state index contributed by atoms with van der Waals surface area (Å²) in [6, 6.07) is 18.9. The lowest BCUT2D eigenvalue weighted by molar-refractivity contribution is -0.137. The first kappa shape index (κ1) is 25.8. The summed E-state index contributed by atoms with van der Waals surface area (Å²) in [5, 5.41) is 2.12. The van der Waals surface area contributed by atoms with Gasteiger partial charge in [-0.1, -0.05) is 59.3 Å². The van der Waals surface area contributed by atoms with Crippen molar-refractivity contribution >= 4 is 57.2 Å². The number of hydrogen-bond donors (Lipinski definition) is 1. The van der Waals surface area contributed by atoms with Gasteiger partial charge in [0.2, 0.25) is 5.91 Å². The van der Waals surface area contributed by atoms with E-state index < -0.39 is 22.7 Å². The maximum atomic E-state index is 13.1. The third kappa shape index (κ3) is 6.00. The summed E-state index contributed by atoms with van der Waals surface area (Å²) in [5.41, 5.74) is 1.97. The van der Waals surface area contributed by atoms with Gasteiger partial charge >= 0.3 is 6.18 Å². The molecule has 0 aliphatic heterocycles. The smallest absolute Gasteiger partial charge is 0.325 e. The van der Waals surface area contributed by atoms with Crippen LogP contribution in [0.2, 0.25) is 5.02 Å². The summed E-state index contributed by atoms with van der Waals surface area (Å²) >= 11 is 7.13. The Bertz CT molecular complexity index is 1380. The van der Waals surface area contributed by atoms with E-state index in [-0.39, 0.29) is 24.6 Å². The van der Waals surface area contributed by atoms with Gasteiger partial charge < -0.3 is 9.88 Å². The number of carbonyl (C=O) groups is 1. The number of aromatic nitrogens is 1. The number of aryl methyl sites for hydroxylation is 1. The zero-order valence-electron chi connectivity index (χ0n) is 17.9. The number of rotatable bonds is 5. The van der Waals surface area contributed by atoms with Gasteiger partial charge in [0, 0.05) is 5.69 Å². The van der Waals surface area contributed by atoms with Crippen LogP contribution in [-0.4, -0.2) is 10.5 Å². The molecular formula is C24H20Cl2F3N3OS. The highest BCUT2D eigenvalue weighted by Crippen LogP contribution is 2.36. The Morgan fingerprint density at radius 3 is 2.53 bits per heavy atom. The molecule has 1 heterocycles. The molecule has 1 amide bonds. The van der Waals surface area contributed by atoms with Gasteiger partial charge in [-0.25, -0.2) is 0 Å². The fourth-order valence-electron chi connectivity index (χ4n) is 3.36. The van der Waals surface area contributed by atoms with Crippen LogP contribution in [0, 0.1) is 6.92 Å². The zero-order valence-corrected chi connectivity index (χ0v) is 20.3. The number of nitrogens with one attached hydrogen (secondary N) is 1. The highest BCUT2D eigenvalue weighted by Gasteiger charge is 2.33. The lowest BCUT2D eigenvalue weighted by Gasteiger charge is -2.12. The molecule has 0 aliphatic carbocycles. The van der Waals surface area contributed by atoms with Gasteiger partial charge in [-0.3, -0.25) is 9.79 Å². The number of alkyl halides is 3. The summed E-state index contributed by atoms with van der Waals surface area (Å²) < 4.78 is 42.2. The SMILES string of the molecule is Cc1ccc2c(c1)sc(=NCc1ccccc1)n2CC(=O)Nc1ccc(Cl)c(C(F)(F)F)c1.Cl. The van der Waals surface area contributed by atoms with Gasteiger partial charge in [0.25, 0.3) is 0 Å². The maximum absolute atomic E-state index is 13.1. The Morgan fingerprint density at radius 2 is 1.82 bits per heavy atom. The minimum absolute atomic E-state index is 0. The molecule has 0 fully saturated rings. The Hall–Kier alpha value is -2.81. The molecule has 34 heavy (non-hydrogen) atoms. The minimum Gasteiger partial charge on any atom is -0.325 e. The molecule has 0 unspecified atom stereocenters. The molecule has 4 nitrogen and oxygen atoms in total. The van der Waals surface area contributed by atoms with E-state index in [2.05, 4.69) is 5.32 Å². The van der Waals surface area contributed by atoms with Crippen LogP contribution < -0.4 is 10.1 Å². The highest BCUT2D eigenvalue weighted by atomic mass is 35.5. The standard InChI is InChI=1S/C24H19ClF3N3OS.ClH/c1-15-7-10-20-21(11-15)33-23(29-13-16-5-3-2-4-6-16)31(20)14-22(32)30-17-8-9-19(25)18(12-17)24(26,27)28;/h2-12H,13-14H2,1H3,(H,30,32);1H. The third-order valence-electron chi connectivity index (χ3n) is 4.94. The van der Waals surface area contributed by atoms with Crippen LogP contribution >= 0.6 is 35.3 Å². The second-order valence-electron chi connectivity index (χ2n) is 7.48. The van der Waals surface area contributed by atoms with Gasteiger partial charge in [0.15, 0.2) is 4.80 Å². The predicted octanol–water partition coefficient (Wildman–Crippen LogP) is 6.84. The largest absolute Gasteiger partial charge is 0.417 e. The lowest BCUT2D eigenvalue weighted by Crippen LogP contribution is -2.25. The fourth-order valence-corrected chi connectivity index (χ4v) is 4.71. The van der Waals surface area contributed by atoms with E-state index in [1.54, 1.807) is 4.57 Å². The highest BCUT2D eigenvalue weighted by molar-refractivity contribution is 7.16. The average Bonchev–Trinajstić information content (AvgIpc) is 3.09. The average molecular weight is 526 g/mol. The zero-order chi connectivity index (χ0) is 23.6. The quantitative estimate of drug-likeness (QED) is 0.304. The number of amides is 1. The first-order valence-corrected chi connectivity index (χ1v) is 11.2. The van der Waals surface area contributed by atoms with Gasteiger partial charge in [0.1, 0.15) is 6.54 Å². The van der Waals surface area contributed by atoms with Gasteiger partial charge in [-0.15, -0.1) is 12.4 Å². The van der Waals surface area contributed by atoms with E-state index in [0.717, 1.165) is 33.5 Å². The molecule has 0 saturated carbocycles. The monoisotopic (exact) mass is 525 g/mol. The molecule has 1 N–H and O–H groups in total. The number of fused-ring (bicyclic) bond motifs is 1. The fraction of sp³-hybridized carbons (Fsp3) is 0.167. The molecule has 10 heteroatoms. The van der Waals surface area contributed by atoms with Gasteiger partial charge in [0.05, 0.1) is 27.3 Å². The molecule has 0 radical (unpaired) electrons. The predicted molar refractivity (Wildman–Crippen MR) is 133 cm³/mol. The van der Waals surface area contributed by atoms with Gasteiger partial charge in [-0.05, 0) is 48.4 Å². The van der Waals surface area contributed by atoms with Crippen molar-refractivity contribution in [2.45, 2.75) is 26.2 Å². The van der Waals surface area contributed by atoms with Crippen LogP contribution in [0.1, 0.15) is 16.7 Å². The number of carbonyl (C=O) groups excluding carboxylic acids is 1. The third-order valence-corrected chi connectivity index (χ3v) is 6.34. The number of thiazole rings is 1. The van der Waals surface area contributed by atoms with Crippen molar-refractivity contribution in [1.29, 1.82) is 0 Å². The van der Waals surface area contributed by atoms with E-state index >= 15 is 0 Å². The summed E-state index contributed by atoms with van der Waals surface area (Å²) in [6.07, 6.45) is -4.61. The number of hydrogen-bond acceptors (Lipinski definition) is 3. The Morgan fingerprint density at radius 1 is 1.09 bits per heavy atom. The molecule has 4 aromatic rings. The lowest BCUT2D eigenvalue weighted by atomic mass is 10.2. The van der Waals surface area contributed by atoms with E-state index in [1.165, 1.54) is 17.4 Å². The molecule has 0 bridgehead atoms. The summed E-state index contributed by atoms with van der Waals surface area (Å²) in [5.74, 6) is -0.466. The van der Waals surface area contributed by atoms with Crippen molar-refractivity contribution in [1.82, 2.24) is 4.57 Å². The Kier molecular flexibility index (Phi) is 8.07. The van der Waals surface area contributed by atoms with Crippen LogP contribution in [0.4, 0.5) is 18.9 Å². The van der Waals surface area contributed by atoms with Crippen molar-refractivity contribution in [2.75, 3.05) is 5.32 Å². The van der Waals surface area contributed by atoms with Crippen LogP contribution in [0.15, 0.2) is 71.7 Å². The van der Waals surface area contributed by atoms with Crippen LogP contribution in [0.5, 0.6) is 0 Å². The molecule has 178 valence electrons. The van der Waals surface area contributed by atoms with E-state index in [9.17, 15) is 18.0 Å². The maximum Gasteiger partial charge on any atom is 0.417 e. The van der Waals surface area contributed by atoms with E-state index in [4.69, 9.17) is 16.6 Å². The number of halogens is 5. The first-order valence-electron chi connectivity index (χ1n) is 10.0. The molecule has 0 spiro atoms. The molecule has 0 saturated heterocycles. The summed E-state index contributed by atoms with van der Waals surface area (Å²) in [7, 11) is 0. The van der Waals surface area contributed by atoms with E-state index in [0.29, 0.717) is 11.3 Å². The molecule has 3 aromatic carbocycles. The van der Waals surface area contributed by atoms with Crippen LogP contribution in [0.25, 0.3) is 10.2 Å². The topological polar surface area (TPSA) is 46.4 Å². The first-order chi connectivity index (χ1) is 15.7. The normalized spacial score (nSPS) is 12.0. The molecule has 0 aliphatic rings. The van der Waals surface area contributed by atoms with Gasteiger partial charge in [-0.2, -0.15) is 13.2 Å². The molecule has 0 atom stereocenters.